The Morgan fingerprint density at radius 3 is 2.39 bits per heavy atom. The van der Waals surface area contributed by atoms with E-state index in [2.05, 4.69) is 14.9 Å². The maximum atomic E-state index is 12.2. The van der Waals surface area contributed by atoms with Crippen molar-refractivity contribution in [3.8, 4) is 0 Å². The molecule has 0 fully saturated rings. The number of aliphatic hydroxyl groups excluding tert-OH is 1. The normalized spacial score (nSPS) is 14.1. The van der Waals surface area contributed by atoms with Gasteiger partial charge in [-0.1, -0.05) is 13.8 Å². The Morgan fingerprint density at radius 1 is 1.39 bits per heavy atom. The highest BCUT2D eigenvalue weighted by Crippen LogP contribution is 2.17. The number of hydrogen-bond donors (Lipinski definition) is 3. The van der Waals surface area contributed by atoms with Crippen molar-refractivity contribution >= 4 is 10.0 Å². The van der Waals surface area contributed by atoms with Gasteiger partial charge in [0.25, 0.3) is 0 Å². The van der Waals surface area contributed by atoms with E-state index >= 15 is 0 Å². The van der Waals surface area contributed by atoms with Gasteiger partial charge in [0.2, 0.25) is 10.0 Å². The Hall–Kier alpha value is -0.920. The lowest BCUT2D eigenvalue weighted by molar-refractivity contribution is 0.240. The lowest BCUT2D eigenvalue weighted by Gasteiger charge is -2.18. The molecular formula is C11H21N3O3S. The van der Waals surface area contributed by atoms with Gasteiger partial charge in [0.1, 0.15) is 4.90 Å². The second-order valence-electron chi connectivity index (χ2n) is 4.89. The molecule has 7 heteroatoms. The van der Waals surface area contributed by atoms with Crippen LogP contribution in [-0.4, -0.2) is 36.4 Å². The molecule has 0 saturated heterocycles. The summed E-state index contributed by atoms with van der Waals surface area (Å²) in [6.45, 7) is 7.03. The van der Waals surface area contributed by atoms with Gasteiger partial charge in [-0.15, -0.1) is 0 Å². The lowest BCUT2D eigenvalue weighted by Crippen LogP contribution is -2.38. The minimum Gasteiger partial charge on any atom is -0.395 e. The number of aliphatic hydroxyl groups is 1. The molecule has 0 spiro atoms. The maximum Gasteiger partial charge on any atom is 0.244 e. The van der Waals surface area contributed by atoms with Crippen LogP contribution < -0.4 is 4.72 Å². The summed E-state index contributed by atoms with van der Waals surface area (Å²) in [6.07, 6.45) is 0.589. The first-order valence-electron chi connectivity index (χ1n) is 5.92. The number of hydrogen-bond acceptors (Lipinski definition) is 4. The summed E-state index contributed by atoms with van der Waals surface area (Å²) in [5, 5.41) is 15.7. The van der Waals surface area contributed by atoms with E-state index in [-0.39, 0.29) is 11.5 Å². The predicted octanol–water partition coefficient (Wildman–Crippen LogP) is 0.712. The number of aryl methyl sites for hydroxylation is 2. The summed E-state index contributed by atoms with van der Waals surface area (Å²) in [7, 11) is -3.64. The maximum absolute atomic E-state index is 12.2. The summed E-state index contributed by atoms with van der Waals surface area (Å²) >= 11 is 0. The minimum absolute atomic E-state index is 0.171. The SMILES string of the molecule is Cc1n[nH]c(C)c1S(=O)(=O)NC(CO)CC(C)C. The van der Waals surface area contributed by atoms with E-state index in [1.165, 1.54) is 0 Å². The summed E-state index contributed by atoms with van der Waals surface area (Å²) in [5.41, 5.74) is 0.933. The van der Waals surface area contributed by atoms with Crippen LogP contribution in [0.25, 0.3) is 0 Å². The summed E-state index contributed by atoms with van der Waals surface area (Å²) < 4.78 is 26.9. The molecule has 1 aromatic heterocycles. The van der Waals surface area contributed by atoms with Crippen LogP contribution in [-0.2, 0) is 10.0 Å². The first-order valence-corrected chi connectivity index (χ1v) is 7.41. The number of nitrogens with zero attached hydrogens (tertiary/aromatic N) is 1. The van der Waals surface area contributed by atoms with E-state index in [9.17, 15) is 13.5 Å². The van der Waals surface area contributed by atoms with Crippen molar-refractivity contribution in [2.45, 2.75) is 45.1 Å². The molecule has 104 valence electrons. The van der Waals surface area contributed by atoms with Crippen LogP contribution in [0.15, 0.2) is 4.90 Å². The molecule has 0 aromatic carbocycles. The van der Waals surface area contributed by atoms with E-state index in [4.69, 9.17) is 0 Å². The Kier molecular flexibility index (Phi) is 4.89. The van der Waals surface area contributed by atoms with Gasteiger partial charge in [-0.05, 0) is 26.2 Å². The monoisotopic (exact) mass is 275 g/mol. The molecule has 0 saturated carbocycles. The summed E-state index contributed by atoms with van der Waals surface area (Å²) in [4.78, 5) is 0.171. The molecule has 0 aliphatic rings. The molecule has 0 aliphatic carbocycles. The van der Waals surface area contributed by atoms with Crippen molar-refractivity contribution in [1.82, 2.24) is 14.9 Å². The van der Waals surface area contributed by atoms with Gasteiger partial charge in [0.15, 0.2) is 0 Å². The second kappa shape index (κ2) is 5.81. The van der Waals surface area contributed by atoms with Crippen molar-refractivity contribution in [2.24, 2.45) is 5.92 Å². The van der Waals surface area contributed by atoms with E-state index in [0.717, 1.165) is 0 Å². The number of rotatable bonds is 6. The summed E-state index contributed by atoms with van der Waals surface area (Å²) in [5.74, 6) is 0.302. The number of aromatic nitrogens is 2. The highest BCUT2D eigenvalue weighted by atomic mass is 32.2. The molecule has 1 unspecified atom stereocenters. The fourth-order valence-corrected chi connectivity index (χ4v) is 3.55. The van der Waals surface area contributed by atoms with Crippen molar-refractivity contribution in [2.75, 3.05) is 6.61 Å². The molecule has 3 N–H and O–H groups in total. The molecule has 18 heavy (non-hydrogen) atoms. The number of sulfonamides is 1. The average Bonchev–Trinajstić information content (AvgIpc) is 2.56. The molecule has 1 rings (SSSR count). The van der Waals surface area contributed by atoms with Gasteiger partial charge in [-0.3, -0.25) is 5.10 Å². The number of aromatic amines is 1. The van der Waals surface area contributed by atoms with Crippen molar-refractivity contribution in [3.05, 3.63) is 11.4 Å². The molecule has 1 aromatic rings. The van der Waals surface area contributed by atoms with Crippen LogP contribution in [0.1, 0.15) is 31.7 Å². The van der Waals surface area contributed by atoms with Crippen LogP contribution in [0.5, 0.6) is 0 Å². The fraction of sp³-hybridized carbons (Fsp3) is 0.727. The average molecular weight is 275 g/mol. The Bertz CT molecular complexity index is 474. The van der Waals surface area contributed by atoms with Crippen molar-refractivity contribution in [1.29, 1.82) is 0 Å². The molecule has 1 atom stereocenters. The first-order chi connectivity index (χ1) is 8.27. The van der Waals surface area contributed by atoms with Gasteiger partial charge in [-0.25, -0.2) is 13.1 Å². The third-order valence-electron chi connectivity index (χ3n) is 2.63. The van der Waals surface area contributed by atoms with E-state index in [1.54, 1.807) is 13.8 Å². The molecule has 0 radical (unpaired) electrons. The third kappa shape index (κ3) is 3.54. The van der Waals surface area contributed by atoms with E-state index in [1.807, 2.05) is 13.8 Å². The molecule has 6 nitrogen and oxygen atoms in total. The molecule has 0 amide bonds. The quantitative estimate of drug-likeness (QED) is 0.712. The Morgan fingerprint density at radius 2 is 2.00 bits per heavy atom. The van der Waals surface area contributed by atoms with E-state index < -0.39 is 16.1 Å². The van der Waals surface area contributed by atoms with Crippen molar-refractivity contribution < 1.29 is 13.5 Å². The van der Waals surface area contributed by atoms with Gasteiger partial charge in [-0.2, -0.15) is 5.10 Å². The van der Waals surface area contributed by atoms with Crippen molar-refractivity contribution in [3.63, 3.8) is 0 Å². The zero-order valence-corrected chi connectivity index (χ0v) is 12.0. The van der Waals surface area contributed by atoms with Crippen LogP contribution >= 0.6 is 0 Å². The second-order valence-corrected chi connectivity index (χ2v) is 6.54. The molecule has 0 bridgehead atoms. The van der Waals surface area contributed by atoms with Gasteiger partial charge >= 0.3 is 0 Å². The van der Waals surface area contributed by atoms with Gasteiger partial charge in [0, 0.05) is 6.04 Å². The first kappa shape index (κ1) is 15.1. The van der Waals surface area contributed by atoms with Crippen LogP contribution in [0.4, 0.5) is 0 Å². The Balaban J connectivity index is 2.94. The summed E-state index contributed by atoms with van der Waals surface area (Å²) in [6, 6.07) is -0.469. The van der Waals surface area contributed by atoms with Crippen LogP contribution in [0, 0.1) is 19.8 Å². The van der Waals surface area contributed by atoms with Crippen LogP contribution in [0.2, 0.25) is 0 Å². The van der Waals surface area contributed by atoms with E-state index in [0.29, 0.717) is 23.7 Å². The third-order valence-corrected chi connectivity index (χ3v) is 4.41. The fourth-order valence-electron chi connectivity index (χ4n) is 1.94. The van der Waals surface area contributed by atoms with Crippen LogP contribution in [0.3, 0.4) is 0 Å². The van der Waals surface area contributed by atoms with Gasteiger partial charge in [0.05, 0.1) is 18.0 Å². The zero-order chi connectivity index (χ0) is 13.9. The molecule has 0 aliphatic heterocycles. The smallest absolute Gasteiger partial charge is 0.244 e. The number of nitrogens with one attached hydrogen (secondary N) is 2. The largest absolute Gasteiger partial charge is 0.395 e. The Labute approximate surface area is 108 Å². The topological polar surface area (TPSA) is 95.1 Å². The minimum atomic E-state index is -3.64. The molecular weight excluding hydrogens is 254 g/mol. The predicted molar refractivity (Wildman–Crippen MR) is 68.7 cm³/mol. The van der Waals surface area contributed by atoms with Gasteiger partial charge < -0.3 is 5.11 Å². The zero-order valence-electron chi connectivity index (χ0n) is 11.2. The highest BCUT2D eigenvalue weighted by Gasteiger charge is 2.25. The lowest BCUT2D eigenvalue weighted by atomic mass is 10.1. The standard InChI is InChI=1S/C11H21N3O3S/c1-7(2)5-10(6-15)14-18(16,17)11-8(3)12-13-9(11)4/h7,10,14-15H,5-6H2,1-4H3,(H,12,13). The number of H-pyrrole nitrogens is 1. The highest BCUT2D eigenvalue weighted by molar-refractivity contribution is 7.89. The molecule has 1 heterocycles.